The fourth-order valence-electron chi connectivity index (χ4n) is 2.01. The molecule has 0 bridgehead atoms. The van der Waals surface area contributed by atoms with Crippen molar-refractivity contribution in [2.24, 2.45) is 7.05 Å². The van der Waals surface area contributed by atoms with Gasteiger partial charge in [0.05, 0.1) is 11.8 Å². The van der Waals surface area contributed by atoms with Gasteiger partial charge in [-0.3, -0.25) is 4.68 Å². The molecular weight excluding hydrogens is 284 g/mol. The van der Waals surface area contributed by atoms with E-state index in [1.165, 1.54) is 10.9 Å². The smallest absolute Gasteiger partial charge is 0.342 e. The molecule has 0 amide bonds. The van der Waals surface area contributed by atoms with Crippen LogP contribution >= 0.6 is 0 Å². The highest BCUT2D eigenvalue weighted by Crippen LogP contribution is 2.25. The van der Waals surface area contributed by atoms with Gasteiger partial charge in [-0.1, -0.05) is 35.5 Å². The van der Waals surface area contributed by atoms with Crippen molar-refractivity contribution in [3.63, 3.8) is 0 Å². The summed E-state index contributed by atoms with van der Waals surface area (Å²) in [5, 5.41) is 7.71. The zero-order chi connectivity index (χ0) is 15.5. The molecule has 0 saturated heterocycles. The molecule has 0 N–H and O–H groups in total. The molecule has 0 spiro atoms. The Morgan fingerprint density at radius 3 is 2.68 bits per heavy atom. The lowest BCUT2D eigenvalue weighted by Gasteiger charge is -2.13. The summed E-state index contributed by atoms with van der Waals surface area (Å²) in [6.07, 6.45) is 2.28. The van der Waals surface area contributed by atoms with E-state index in [9.17, 15) is 4.79 Å². The van der Waals surface area contributed by atoms with Crippen molar-refractivity contribution in [1.29, 1.82) is 0 Å². The second-order valence-corrected chi connectivity index (χ2v) is 4.78. The van der Waals surface area contributed by atoms with Crippen LogP contribution in [-0.4, -0.2) is 25.9 Å². The molecule has 0 aliphatic carbocycles. The number of aryl methyl sites for hydroxylation is 2. The third-order valence-electron chi connectivity index (χ3n) is 3.04. The molecule has 1 unspecified atom stereocenters. The zero-order valence-corrected chi connectivity index (χ0v) is 12.1. The molecule has 1 atom stereocenters. The molecular formula is C15H14N4O3. The maximum Gasteiger partial charge on any atom is 0.342 e. The zero-order valence-electron chi connectivity index (χ0n) is 12.1. The Bertz CT molecular complexity index is 779. The quantitative estimate of drug-likeness (QED) is 0.686. The summed E-state index contributed by atoms with van der Waals surface area (Å²) in [6.45, 7) is 1.71. The van der Waals surface area contributed by atoms with Crippen LogP contribution in [0.3, 0.4) is 0 Å². The first kappa shape index (κ1) is 14.0. The maximum atomic E-state index is 12.3. The second kappa shape index (κ2) is 5.80. The fraction of sp³-hybridized carbons (Fsp3) is 0.200. The molecule has 3 rings (SSSR count). The SMILES string of the molecule is Cc1noc(C(OC(=O)c2cnn(C)c2)c2ccccc2)n1. The van der Waals surface area contributed by atoms with Crippen LogP contribution in [0, 0.1) is 6.92 Å². The number of hydrogen-bond donors (Lipinski definition) is 0. The number of carbonyl (C=O) groups is 1. The normalized spacial score (nSPS) is 12.1. The van der Waals surface area contributed by atoms with Crippen LogP contribution in [0.15, 0.2) is 47.2 Å². The van der Waals surface area contributed by atoms with Gasteiger partial charge < -0.3 is 9.26 Å². The molecule has 7 nitrogen and oxygen atoms in total. The van der Waals surface area contributed by atoms with Crippen molar-refractivity contribution in [3.05, 3.63) is 65.6 Å². The van der Waals surface area contributed by atoms with Gasteiger partial charge in [-0.15, -0.1) is 0 Å². The van der Waals surface area contributed by atoms with Crippen molar-refractivity contribution in [2.45, 2.75) is 13.0 Å². The van der Waals surface area contributed by atoms with Crippen molar-refractivity contribution < 1.29 is 14.1 Å². The van der Waals surface area contributed by atoms with Crippen LogP contribution < -0.4 is 0 Å². The molecule has 7 heteroatoms. The third-order valence-corrected chi connectivity index (χ3v) is 3.04. The van der Waals surface area contributed by atoms with Crippen LogP contribution in [0.25, 0.3) is 0 Å². The van der Waals surface area contributed by atoms with Crippen LogP contribution in [0.4, 0.5) is 0 Å². The third kappa shape index (κ3) is 2.88. The van der Waals surface area contributed by atoms with Crippen LogP contribution in [-0.2, 0) is 11.8 Å². The van der Waals surface area contributed by atoms with Gasteiger partial charge in [0.2, 0.25) is 6.10 Å². The number of rotatable bonds is 4. The van der Waals surface area contributed by atoms with Gasteiger partial charge in [0.1, 0.15) is 0 Å². The molecule has 1 aromatic carbocycles. The first-order chi connectivity index (χ1) is 10.6. The molecule has 22 heavy (non-hydrogen) atoms. The van der Waals surface area contributed by atoms with Gasteiger partial charge in [-0.05, 0) is 6.92 Å². The predicted octanol–water partition coefficient (Wildman–Crippen LogP) is 2.06. The van der Waals surface area contributed by atoms with Gasteiger partial charge in [0.25, 0.3) is 5.89 Å². The van der Waals surface area contributed by atoms with Crippen molar-refractivity contribution in [1.82, 2.24) is 19.9 Å². The van der Waals surface area contributed by atoms with E-state index in [1.807, 2.05) is 30.3 Å². The van der Waals surface area contributed by atoms with E-state index in [0.717, 1.165) is 5.56 Å². The molecule has 0 radical (unpaired) electrons. The number of carbonyl (C=O) groups excluding carboxylic acids is 1. The summed E-state index contributed by atoms with van der Waals surface area (Å²) in [7, 11) is 1.73. The molecule has 0 aliphatic heterocycles. The molecule has 2 aromatic heterocycles. The molecule has 0 fully saturated rings. The van der Waals surface area contributed by atoms with Gasteiger partial charge in [0, 0.05) is 18.8 Å². The summed E-state index contributed by atoms with van der Waals surface area (Å²) >= 11 is 0. The van der Waals surface area contributed by atoms with Gasteiger partial charge in [-0.25, -0.2) is 4.79 Å². The van der Waals surface area contributed by atoms with Gasteiger partial charge >= 0.3 is 5.97 Å². The van der Waals surface area contributed by atoms with E-state index in [1.54, 1.807) is 20.2 Å². The van der Waals surface area contributed by atoms with E-state index >= 15 is 0 Å². The Balaban J connectivity index is 1.91. The second-order valence-electron chi connectivity index (χ2n) is 4.78. The standard InChI is InChI=1S/C15H14N4O3/c1-10-17-14(22-18-10)13(11-6-4-3-5-7-11)21-15(20)12-8-16-19(2)9-12/h3-9,13H,1-2H3. The summed E-state index contributed by atoms with van der Waals surface area (Å²) in [4.78, 5) is 16.4. The first-order valence-corrected chi connectivity index (χ1v) is 6.68. The number of aromatic nitrogens is 4. The number of nitrogens with zero attached hydrogens (tertiary/aromatic N) is 4. The summed E-state index contributed by atoms with van der Waals surface area (Å²) < 4.78 is 12.2. The Kier molecular flexibility index (Phi) is 3.69. The van der Waals surface area contributed by atoms with Crippen molar-refractivity contribution in [3.8, 4) is 0 Å². The lowest BCUT2D eigenvalue weighted by Crippen LogP contribution is -2.13. The van der Waals surface area contributed by atoms with Crippen molar-refractivity contribution in [2.75, 3.05) is 0 Å². The minimum atomic E-state index is -0.755. The first-order valence-electron chi connectivity index (χ1n) is 6.68. The lowest BCUT2D eigenvalue weighted by atomic mass is 10.1. The van der Waals surface area contributed by atoms with E-state index in [0.29, 0.717) is 11.4 Å². The molecule has 2 heterocycles. The summed E-state index contributed by atoms with van der Waals surface area (Å²) in [5.74, 6) is 0.215. The molecule has 112 valence electrons. The van der Waals surface area contributed by atoms with Crippen LogP contribution in [0.5, 0.6) is 0 Å². The van der Waals surface area contributed by atoms with Crippen LogP contribution in [0.1, 0.15) is 33.7 Å². The Labute approximate surface area is 126 Å². The number of hydrogen-bond acceptors (Lipinski definition) is 6. The monoisotopic (exact) mass is 298 g/mol. The average molecular weight is 298 g/mol. The number of ether oxygens (including phenoxy) is 1. The number of esters is 1. The highest BCUT2D eigenvalue weighted by molar-refractivity contribution is 5.89. The Morgan fingerprint density at radius 1 is 1.32 bits per heavy atom. The number of benzene rings is 1. The fourth-order valence-corrected chi connectivity index (χ4v) is 2.01. The van der Waals surface area contributed by atoms with Crippen molar-refractivity contribution >= 4 is 5.97 Å². The highest BCUT2D eigenvalue weighted by atomic mass is 16.6. The highest BCUT2D eigenvalue weighted by Gasteiger charge is 2.25. The Hall–Kier alpha value is -2.96. The molecule has 3 aromatic rings. The minimum Gasteiger partial charge on any atom is -0.444 e. The maximum absolute atomic E-state index is 12.3. The summed E-state index contributed by atoms with van der Waals surface area (Å²) in [5.41, 5.74) is 1.11. The van der Waals surface area contributed by atoms with E-state index in [-0.39, 0.29) is 5.89 Å². The van der Waals surface area contributed by atoms with E-state index in [2.05, 4.69) is 15.2 Å². The molecule has 0 saturated carbocycles. The van der Waals surface area contributed by atoms with Gasteiger partial charge in [-0.2, -0.15) is 10.1 Å². The van der Waals surface area contributed by atoms with Gasteiger partial charge in [0.15, 0.2) is 5.82 Å². The topological polar surface area (TPSA) is 83.0 Å². The van der Waals surface area contributed by atoms with E-state index in [4.69, 9.17) is 9.26 Å². The average Bonchev–Trinajstić information content (AvgIpc) is 3.14. The minimum absolute atomic E-state index is 0.237. The summed E-state index contributed by atoms with van der Waals surface area (Å²) in [6, 6.07) is 9.25. The lowest BCUT2D eigenvalue weighted by molar-refractivity contribution is 0.0314. The molecule has 0 aliphatic rings. The van der Waals surface area contributed by atoms with Crippen LogP contribution in [0.2, 0.25) is 0 Å². The Morgan fingerprint density at radius 2 is 2.09 bits per heavy atom. The largest absolute Gasteiger partial charge is 0.444 e. The predicted molar refractivity (Wildman–Crippen MR) is 75.9 cm³/mol. The van der Waals surface area contributed by atoms with E-state index < -0.39 is 12.1 Å².